The molecule has 0 unspecified atom stereocenters. The molecule has 4 aromatic rings. The molecule has 17 nitrogen and oxygen atoms in total. The summed E-state index contributed by atoms with van der Waals surface area (Å²) in [5, 5.41) is 4.20. The number of halogens is 2. The van der Waals surface area contributed by atoms with Gasteiger partial charge in [-0.25, -0.2) is 38.8 Å². The monoisotopic (exact) mass is 1110 g/mol. The molecule has 0 saturated carbocycles. The van der Waals surface area contributed by atoms with Gasteiger partial charge in [0.2, 0.25) is 0 Å². The van der Waals surface area contributed by atoms with Crippen LogP contribution in [0.5, 0.6) is 0 Å². The number of aliphatic imine (C=N–C) groups is 2. The molecule has 0 amide bonds. The molecule has 1 fully saturated rings. The Morgan fingerprint density at radius 1 is 0.845 bits per heavy atom. The maximum absolute atomic E-state index is 10.6. The summed E-state index contributed by atoms with van der Waals surface area (Å²) in [6.45, 7) is 25.4. The number of anilines is 2. The van der Waals surface area contributed by atoms with Crippen LogP contribution in [-0.4, -0.2) is 77.4 Å². The summed E-state index contributed by atoms with van der Waals surface area (Å²) in [6.07, 6.45) is 9.81. The molecule has 71 heavy (non-hydrogen) atoms. The minimum atomic E-state index is -4.10. The standard InChI is InChI=1S/C14H20N2O3S.C10H15N3.C10H12N2.C5H7N3.C5H10O.C4H8O3S.CH4.2ClH.Zn/c1-11-14(2,3)12-7-6-9-16(13(12)15-11)8-4-5-10-20(17,18)19;1-8(2)9(3)12-13-10-6-4-5-7-11-10;1-7-10(2,3)8-5-4-6-11-9(8)12-7;6-8-5-3-1-2-4-7-5;1-4(2)5(3)6;5-8(6)4-2-1-3-7-8;;;;/h6-7,9H,4-5,8,10H2,1-3H3;4-8H,1-3H3,(H,11,13);4-6H,1-3H3;1-4H,6H2,(H,7,8);4H,1-3H3;1-4H2;1H4;2*1H;/q;;;;;;;;;+2/p-2/b;12-9+;;;;;;;;. The Hall–Kier alpha value is -4.14. The molecule has 7 rings (SSSR count). The third-order valence-electron chi connectivity index (χ3n) is 11.1. The Bertz CT molecular complexity index is 2510. The number of carbonyl (C=O) groups is 1. The Balaban J connectivity index is 0.000000852. The number of nitrogens with zero attached hydrogens (tertiary/aromatic N) is 7. The first kappa shape index (κ1) is 66.9. The average molecular weight is 1120 g/mol. The molecule has 1 saturated heterocycles. The second-order valence-electron chi connectivity index (χ2n) is 17.7. The Morgan fingerprint density at radius 3 is 1.82 bits per heavy atom. The van der Waals surface area contributed by atoms with Gasteiger partial charge in [0, 0.05) is 52.7 Å². The van der Waals surface area contributed by atoms with E-state index in [0.29, 0.717) is 37.7 Å². The number of unbranched alkanes of at least 4 members (excludes halogenated alkanes) is 1. The Kier molecular flexibility index (Phi) is 31.6. The first-order chi connectivity index (χ1) is 32.7. The van der Waals surface area contributed by atoms with Crippen LogP contribution in [0.15, 0.2) is 101 Å². The van der Waals surface area contributed by atoms with E-state index in [4.69, 9.17) is 25.2 Å². The number of hydrogen-bond donors (Lipinski definition) is 3. The molecular formula is C49H76Cl2N10O7S2Zn. The van der Waals surface area contributed by atoms with Gasteiger partial charge >= 0.3 is 40.3 Å². The van der Waals surface area contributed by atoms with Crippen molar-refractivity contribution in [2.45, 2.75) is 134 Å². The number of nitrogens with two attached hydrogens (primary N) is 1. The molecule has 4 N–H and O–H groups in total. The van der Waals surface area contributed by atoms with Crippen LogP contribution >= 0.6 is 19.4 Å². The number of aromatic nitrogens is 4. The second-order valence-corrected chi connectivity index (χ2v) is 25.6. The van der Waals surface area contributed by atoms with Crippen molar-refractivity contribution in [1.82, 2.24) is 15.0 Å². The van der Waals surface area contributed by atoms with E-state index in [2.05, 4.69) is 106 Å². The summed E-state index contributed by atoms with van der Waals surface area (Å²) in [7, 11) is 2.72. The van der Waals surface area contributed by atoms with E-state index in [0.717, 1.165) is 47.4 Å². The number of rotatable bonds is 10. The van der Waals surface area contributed by atoms with E-state index in [9.17, 15) is 26.2 Å². The summed E-state index contributed by atoms with van der Waals surface area (Å²) >= 11 is -0.931. The molecule has 3 aliphatic heterocycles. The zero-order chi connectivity index (χ0) is 53.1. The number of nitrogens with one attached hydrogen (secondary N) is 2. The molecule has 0 atom stereocenters. The third-order valence-corrected chi connectivity index (χ3v) is 13.2. The fourth-order valence-electron chi connectivity index (χ4n) is 5.63. The quantitative estimate of drug-likeness (QED) is 0.0196. The number of pyridine rings is 4. The van der Waals surface area contributed by atoms with Gasteiger partial charge in [-0.3, -0.25) is 14.4 Å². The molecule has 0 spiro atoms. The molecule has 3 aliphatic rings. The van der Waals surface area contributed by atoms with Gasteiger partial charge < -0.3 is 9.98 Å². The number of hydrazone groups is 1. The Morgan fingerprint density at radius 2 is 1.38 bits per heavy atom. The molecule has 0 aliphatic carbocycles. The zero-order valence-corrected chi connectivity index (χ0v) is 48.9. The maximum atomic E-state index is 10.6. The van der Waals surface area contributed by atoms with E-state index >= 15 is 0 Å². The fourth-order valence-corrected chi connectivity index (χ4v) is 7.24. The van der Waals surface area contributed by atoms with E-state index in [1.165, 1.54) is 11.1 Å². The summed E-state index contributed by atoms with van der Waals surface area (Å²) in [6, 6.07) is 19.3. The van der Waals surface area contributed by atoms with E-state index in [1.807, 2.05) is 80.9 Å². The van der Waals surface area contributed by atoms with Crippen molar-refractivity contribution in [1.29, 1.82) is 0 Å². The van der Waals surface area contributed by atoms with E-state index in [1.54, 1.807) is 31.6 Å². The van der Waals surface area contributed by atoms with Gasteiger partial charge in [-0.1, -0.05) is 67.2 Å². The number of nitrogen functional groups attached to an aromatic ring is 1. The van der Waals surface area contributed by atoms with Crippen molar-refractivity contribution >= 4 is 85.8 Å². The van der Waals surface area contributed by atoms with E-state index < -0.39 is 35.4 Å². The van der Waals surface area contributed by atoms with Crippen LogP contribution in [0.4, 0.5) is 23.3 Å². The fraction of sp³-hybridized carbons (Fsp3) is 0.510. The van der Waals surface area contributed by atoms with Crippen LogP contribution in [-0.2, 0) is 61.7 Å². The van der Waals surface area contributed by atoms with E-state index in [-0.39, 0.29) is 41.5 Å². The van der Waals surface area contributed by atoms with Gasteiger partial charge in [-0.2, -0.15) is 13.5 Å². The number of hydrazine groups is 1. The van der Waals surface area contributed by atoms with Crippen LogP contribution in [0.3, 0.4) is 0 Å². The average Bonchev–Trinajstić information content (AvgIpc) is 3.69. The third kappa shape index (κ3) is 25.9. The van der Waals surface area contributed by atoms with Gasteiger partial charge in [0.05, 0.1) is 46.2 Å². The first-order valence-electron chi connectivity index (χ1n) is 22.9. The van der Waals surface area contributed by atoms with Crippen LogP contribution in [0.1, 0.15) is 127 Å². The number of aryl methyl sites for hydroxylation is 1. The molecule has 0 bridgehead atoms. The molecule has 22 heteroatoms. The Labute approximate surface area is 440 Å². The van der Waals surface area contributed by atoms with Gasteiger partial charge in [-0.15, -0.1) is 0 Å². The predicted molar refractivity (Wildman–Crippen MR) is 287 cm³/mol. The van der Waals surface area contributed by atoms with Gasteiger partial charge in [-0.05, 0) is 121 Å². The van der Waals surface area contributed by atoms with Gasteiger partial charge in [0.25, 0.3) is 10.1 Å². The van der Waals surface area contributed by atoms with Crippen LogP contribution in [0.25, 0.3) is 0 Å². The zero-order valence-electron chi connectivity index (χ0n) is 42.7. The van der Waals surface area contributed by atoms with Crippen molar-refractivity contribution < 1.29 is 50.1 Å². The number of ketones is 1. The summed E-state index contributed by atoms with van der Waals surface area (Å²) in [5.41, 5.74) is 11.1. The van der Waals surface area contributed by atoms with Crippen molar-refractivity contribution in [3.8, 4) is 0 Å². The van der Waals surface area contributed by atoms with Crippen molar-refractivity contribution in [2.75, 3.05) is 29.0 Å². The molecule has 392 valence electrons. The van der Waals surface area contributed by atoms with Gasteiger partial charge in [0.15, 0.2) is 5.82 Å². The molecule has 4 aromatic heterocycles. The number of hydrogen-bond acceptors (Lipinski definition) is 16. The van der Waals surface area contributed by atoms with Crippen LogP contribution in [0, 0.1) is 11.8 Å². The van der Waals surface area contributed by atoms with Gasteiger partial charge in [0.1, 0.15) is 23.1 Å². The minimum absolute atomic E-state index is 0. The van der Waals surface area contributed by atoms with Crippen molar-refractivity contribution in [2.24, 2.45) is 32.8 Å². The van der Waals surface area contributed by atoms with Crippen molar-refractivity contribution in [3.63, 3.8) is 0 Å². The summed E-state index contributed by atoms with van der Waals surface area (Å²) < 4.78 is 59.0. The van der Waals surface area contributed by atoms with Crippen molar-refractivity contribution in [3.05, 3.63) is 96.6 Å². The molecule has 0 radical (unpaired) electrons. The number of Topliss-reactive ketones (excluding diaryl/α,β-unsaturated/α-hetero) is 1. The topological polar surface area (TPSA) is 247 Å². The predicted octanol–water partition coefficient (Wildman–Crippen LogP) is 10.4. The first-order valence-corrected chi connectivity index (χ1v) is 33.8. The molecule has 7 heterocycles. The SMILES string of the molecule is C.C/C(=N\Nc1ccccn1)C(C)C.CC(=O)C(C)C.CC1=Nc2c(ccc[n+]2CCCCS(=O)(=O)[O-])C1(C)C.CC1=Nc2ncccc2C1(C)C.NNc1ccccn1.O=S1(=O)CCCCO1.[Cl][Zn][Cl]. The molecule has 0 aromatic carbocycles. The second kappa shape index (κ2) is 33.6. The number of carbonyl (C=O) groups excluding carboxylic acids is 1. The number of fused-ring (bicyclic) bond motifs is 2. The summed E-state index contributed by atoms with van der Waals surface area (Å²) in [5.74, 6) is 9.19. The molecular weight excluding hydrogens is 1040 g/mol. The normalized spacial score (nSPS) is 15.1. The van der Waals surface area contributed by atoms with Crippen LogP contribution < -0.4 is 21.3 Å². The van der Waals surface area contributed by atoms with Crippen LogP contribution in [0.2, 0.25) is 0 Å². The summed E-state index contributed by atoms with van der Waals surface area (Å²) in [4.78, 5) is 31.4.